The second-order valence-electron chi connectivity index (χ2n) is 3.76. The smallest absolute Gasteiger partial charge is 0.498 e. The Balaban J connectivity index is 2.65. The number of carbonyl (C=O) groups is 2. The first-order chi connectivity index (χ1) is 6.49. The molecule has 0 aromatic carbocycles. The number of rotatable bonds is 1. The van der Waals surface area contributed by atoms with E-state index in [4.69, 9.17) is 9.31 Å². The molecule has 1 saturated heterocycles. The molecule has 5 nitrogen and oxygen atoms in total. The molecule has 0 bridgehead atoms. The minimum absolute atomic E-state index is 0.0219. The first kappa shape index (κ1) is 11.0. The summed E-state index contributed by atoms with van der Waals surface area (Å²) in [5, 5.41) is 0. The highest BCUT2D eigenvalue weighted by Crippen LogP contribution is 2.12. The van der Waals surface area contributed by atoms with Crippen LogP contribution in [0.25, 0.3) is 0 Å². The third kappa shape index (κ3) is 3.03. The van der Waals surface area contributed by atoms with E-state index in [9.17, 15) is 9.59 Å². The third-order valence-corrected chi connectivity index (χ3v) is 1.84. The van der Waals surface area contributed by atoms with Crippen LogP contribution in [0.2, 0.25) is 5.82 Å². The summed E-state index contributed by atoms with van der Waals surface area (Å²) in [6.45, 7) is 3.91. The van der Waals surface area contributed by atoms with E-state index in [2.05, 4.69) is 0 Å². The maximum Gasteiger partial charge on any atom is 0.601 e. The Hall–Kier alpha value is -1.04. The normalized spacial score (nSPS) is 20.1. The maximum atomic E-state index is 11.2. The quantitative estimate of drug-likeness (QED) is 0.552. The molecule has 6 heteroatoms. The number of carbonyl (C=O) groups excluding carboxylic acids is 2. The lowest BCUT2D eigenvalue weighted by molar-refractivity contribution is -0.145. The molecule has 78 valence electrons. The average molecular weight is 199 g/mol. The Labute approximate surface area is 83.5 Å². The van der Waals surface area contributed by atoms with Gasteiger partial charge in [0.1, 0.15) is 0 Å². The molecule has 14 heavy (non-hydrogen) atoms. The van der Waals surface area contributed by atoms with Crippen LogP contribution in [0.15, 0.2) is 0 Å². The van der Waals surface area contributed by atoms with Gasteiger partial charge in [0.2, 0.25) is 0 Å². The van der Waals surface area contributed by atoms with E-state index in [1.807, 2.05) is 13.8 Å². The van der Waals surface area contributed by atoms with Gasteiger partial charge in [0.25, 0.3) is 0 Å². The highest BCUT2D eigenvalue weighted by Gasteiger charge is 2.34. The maximum absolute atomic E-state index is 11.2. The lowest BCUT2D eigenvalue weighted by atomic mass is 9.74. The molecule has 0 aromatic rings. The molecule has 0 atom stereocenters. The third-order valence-electron chi connectivity index (χ3n) is 1.84. The predicted octanol–water partition coefficient (Wildman–Crippen LogP) is -0.0836. The van der Waals surface area contributed by atoms with Crippen LogP contribution >= 0.6 is 0 Å². The van der Waals surface area contributed by atoms with Crippen LogP contribution in [-0.2, 0) is 18.9 Å². The number of hydrogen-bond acceptors (Lipinski definition) is 5. The SMILES string of the molecule is CC(C)B1OC(=O)CN(C)CC(=O)O1. The molecule has 0 saturated carbocycles. The highest BCUT2D eigenvalue weighted by molar-refractivity contribution is 6.50. The van der Waals surface area contributed by atoms with Crippen molar-refractivity contribution in [2.24, 2.45) is 0 Å². The molecule has 1 fully saturated rings. The number of likely N-dealkylation sites (N-methyl/N-ethyl adjacent to an activating group) is 1. The minimum atomic E-state index is -0.747. The Bertz CT molecular complexity index is 223. The van der Waals surface area contributed by atoms with Gasteiger partial charge >= 0.3 is 19.1 Å². The molecule has 0 aliphatic carbocycles. The monoisotopic (exact) mass is 199 g/mol. The van der Waals surface area contributed by atoms with Crippen molar-refractivity contribution < 1.29 is 18.9 Å². The summed E-state index contributed by atoms with van der Waals surface area (Å²) < 4.78 is 9.94. The average Bonchev–Trinajstić information content (AvgIpc) is 1.99. The van der Waals surface area contributed by atoms with Crippen LogP contribution in [0, 0.1) is 0 Å². The van der Waals surface area contributed by atoms with Gasteiger partial charge < -0.3 is 9.31 Å². The van der Waals surface area contributed by atoms with Crippen LogP contribution in [0.4, 0.5) is 0 Å². The van der Waals surface area contributed by atoms with Crippen molar-refractivity contribution in [3.63, 3.8) is 0 Å². The summed E-state index contributed by atoms with van der Waals surface area (Å²) in [7, 11) is 0.918. The fraction of sp³-hybridized carbons (Fsp3) is 0.750. The van der Waals surface area contributed by atoms with E-state index < -0.39 is 7.12 Å². The van der Waals surface area contributed by atoms with Gasteiger partial charge in [-0.2, -0.15) is 0 Å². The topological polar surface area (TPSA) is 55.8 Å². The molecule has 1 rings (SSSR count). The molecule has 1 aliphatic heterocycles. The molecule has 0 spiro atoms. The Morgan fingerprint density at radius 3 is 2.00 bits per heavy atom. The molecule has 0 unspecified atom stereocenters. The van der Waals surface area contributed by atoms with Gasteiger partial charge in [0.15, 0.2) is 0 Å². The summed E-state index contributed by atoms with van der Waals surface area (Å²) >= 11 is 0. The van der Waals surface area contributed by atoms with Crippen LogP contribution < -0.4 is 0 Å². The summed E-state index contributed by atoms with van der Waals surface area (Å²) in [6, 6.07) is 0. The van der Waals surface area contributed by atoms with Crippen molar-refractivity contribution in [3.05, 3.63) is 0 Å². The Kier molecular flexibility index (Phi) is 3.52. The summed E-state index contributed by atoms with van der Waals surface area (Å²) in [5.41, 5.74) is 0. The Morgan fingerprint density at radius 1 is 1.21 bits per heavy atom. The van der Waals surface area contributed by atoms with Crippen LogP contribution in [0.3, 0.4) is 0 Å². The molecule has 0 amide bonds. The van der Waals surface area contributed by atoms with Crippen LogP contribution in [0.5, 0.6) is 0 Å². The van der Waals surface area contributed by atoms with E-state index in [-0.39, 0.29) is 30.8 Å². The minimum Gasteiger partial charge on any atom is -0.498 e. The van der Waals surface area contributed by atoms with Crippen LogP contribution in [-0.4, -0.2) is 44.1 Å². The van der Waals surface area contributed by atoms with Crippen molar-refractivity contribution in [1.82, 2.24) is 4.90 Å². The second-order valence-corrected chi connectivity index (χ2v) is 3.76. The van der Waals surface area contributed by atoms with Crippen molar-refractivity contribution in [2.75, 3.05) is 20.1 Å². The van der Waals surface area contributed by atoms with Crippen molar-refractivity contribution in [2.45, 2.75) is 19.7 Å². The zero-order chi connectivity index (χ0) is 10.7. The zero-order valence-electron chi connectivity index (χ0n) is 8.65. The van der Waals surface area contributed by atoms with E-state index in [0.29, 0.717) is 0 Å². The largest absolute Gasteiger partial charge is 0.601 e. The van der Waals surface area contributed by atoms with E-state index in [1.165, 1.54) is 0 Å². The summed E-state index contributed by atoms with van der Waals surface area (Å²) in [5.74, 6) is -0.747. The first-order valence-electron chi connectivity index (χ1n) is 4.56. The highest BCUT2D eigenvalue weighted by atomic mass is 16.6. The van der Waals surface area contributed by atoms with Gasteiger partial charge in [-0.3, -0.25) is 14.5 Å². The van der Waals surface area contributed by atoms with Crippen LogP contribution in [0.1, 0.15) is 13.8 Å². The molecule has 0 aromatic heterocycles. The molecule has 1 heterocycles. The molecular formula is C8H14BNO4. The zero-order valence-corrected chi connectivity index (χ0v) is 8.65. The van der Waals surface area contributed by atoms with Crippen molar-refractivity contribution in [3.8, 4) is 0 Å². The van der Waals surface area contributed by atoms with Gasteiger partial charge in [-0.25, -0.2) is 0 Å². The summed E-state index contributed by atoms with van der Waals surface area (Å²) in [4.78, 5) is 24.0. The lowest BCUT2D eigenvalue weighted by Crippen LogP contribution is -2.43. The fourth-order valence-electron chi connectivity index (χ4n) is 1.13. The first-order valence-corrected chi connectivity index (χ1v) is 4.56. The predicted molar refractivity (Wildman–Crippen MR) is 50.5 cm³/mol. The van der Waals surface area contributed by atoms with Gasteiger partial charge in [0, 0.05) is 5.82 Å². The second kappa shape index (κ2) is 4.46. The molecular weight excluding hydrogens is 185 g/mol. The van der Waals surface area contributed by atoms with Gasteiger partial charge in [-0.1, -0.05) is 13.8 Å². The van der Waals surface area contributed by atoms with Gasteiger partial charge in [0.05, 0.1) is 13.1 Å². The number of nitrogens with zero attached hydrogens (tertiary/aromatic N) is 1. The molecule has 0 radical (unpaired) electrons. The van der Waals surface area contributed by atoms with Gasteiger partial charge in [-0.15, -0.1) is 0 Å². The molecule has 1 aliphatic rings. The van der Waals surface area contributed by atoms with Crippen molar-refractivity contribution >= 4 is 19.1 Å². The standard InChI is InChI=1S/C8H14BNO4/c1-6(2)9-13-7(11)4-10(3)5-8(12)14-9/h6H,4-5H2,1-3H3. The van der Waals surface area contributed by atoms with E-state index >= 15 is 0 Å². The van der Waals surface area contributed by atoms with Crippen molar-refractivity contribution in [1.29, 1.82) is 0 Å². The van der Waals surface area contributed by atoms with E-state index in [1.54, 1.807) is 11.9 Å². The number of hydrogen-bond donors (Lipinski definition) is 0. The lowest BCUT2D eigenvalue weighted by Gasteiger charge is -2.23. The fourth-order valence-corrected chi connectivity index (χ4v) is 1.13. The molecule has 0 N–H and O–H groups in total. The van der Waals surface area contributed by atoms with Gasteiger partial charge in [-0.05, 0) is 7.05 Å². The Morgan fingerprint density at radius 2 is 1.64 bits per heavy atom. The summed E-state index contributed by atoms with van der Waals surface area (Å²) in [6.07, 6.45) is 0. The van der Waals surface area contributed by atoms with E-state index in [0.717, 1.165) is 0 Å².